The van der Waals surface area contributed by atoms with Gasteiger partial charge in [-0.2, -0.15) is 13.2 Å². The lowest BCUT2D eigenvalue weighted by Gasteiger charge is -2.16. The number of aromatic nitrogens is 2. The molecule has 0 fully saturated rings. The van der Waals surface area contributed by atoms with Crippen LogP contribution in [-0.2, 0) is 12.7 Å². The Kier molecular flexibility index (Phi) is 5.97. The first-order chi connectivity index (χ1) is 13.3. The molecule has 4 nitrogen and oxygen atoms in total. The molecule has 0 bridgehead atoms. The minimum atomic E-state index is -4.70. The second-order valence-electron chi connectivity index (χ2n) is 5.85. The highest BCUT2D eigenvalue weighted by Crippen LogP contribution is 2.45. The quantitative estimate of drug-likeness (QED) is 0.546. The predicted octanol–water partition coefficient (Wildman–Crippen LogP) is 5.34. The molecule has 1 N–H and O–H groups in total. The monoisotopic (exact) mass is 448 g/mol. The van der Waals surface area contributed by atoms with Gasteiger partial charge in [0.2, 0.25) is 0 Å². The summed E-state index contributed by atoms with van der Waals surface area (Å²) in [6, 6.07) is 4.52. The van der Waals surface area contributed by atoms with Crippen LogP contribution in [0.5, 0.6) is 0 Å². The van der Waals surface area contributed by atoms with Crippen LogP contribution in [0.3, 0.4) is 0 Å². The van der Waals surface area contributed by atoms with Crippen LogP contribution in [0.25, 0.3) is 10.9 Å². The number of hydrogen-bond acceptors (Lipinski definition) is 4. The number of nitrogens with one attached hydrogen (secondary N) is 1. The molecule has 0 saturated heterocycles. The predicted molar refractivity (Wildman–Crippen MR) is 108 cm³/mol. The molecule has 0 amide bonds. The molecule has 0 saturated carbocycles. The summed E-state index contributed by atoms with van der Waals surface area (Å²) >= 11 is 8.72. The summed E-state index contributed by atoms with van der Waals surface area (Å²) in [4.78, 5) is 27.8. The van der Waals surface area contributed by atoms with Crippen LogP contribution in [0.2, 0.25) is 5.02 Å². The molecule has 1 aromatic carbocycles. The average Bonchev–Trinajstić information content (AvgIpc) is 3.09. The lowest BCUT2D eigenvalue weighted by atomic mass is 10.1. The van der Waals surface area contributed by atoms with Crippen molar-refractivity contribution in [1.29, 1.82) is 0 Å². The third kappa shape index (κ3) is 3.62. The Hall–Kier alpha value is -1.71. The molecule has 1 aliphatic rings. The molecule has 1 atom stereocenters. The third-order valence-corrected chi connectivity index (χ3v) is 7.05. The molecule has 0 spiro atoms. The topological polar surface area (TPSA) is 54.9 Å². The van der Waals surface area contributed by atoms with Gasteiger partial charge in [0.25, 0.3) is 5.56 Å². The molecule has 10 heteroatoms. The van der Waals surface area contributed by atoms with Crippen LogP contribution in [0.4, 0.5) is 13.2 Å². The van der Waals surface area contributed by atoms with Gasteiger partial charge in [0.05, 0.1) is 26.4 Å². The van der Waals surface area contributed by atoms with Crippen LogP contribution in [0.1, 0.15) is 30.2 Å². The van der Waals surface area contributed by atoms with Gasteiger partial charge in [-0.25, -0.2) is 4.79 Å². The van der Waals surface area contributed by atoms with E-state index in [0.29, 0.717) is 5.75 Å². The standard InChI is InChI=1S/C16H10ClF3N2O2S2.C2H6/c17-11-9(16(18,19)20)4-8-12-13(11)26-6-7(10-2-1-3-25-10)5-22(12)15(24)21-14(8)23;1-2/h1-4,7H,5-6H2,(H,21,23,24);1-2H3. The maximum Gasteiger partial charge on any atom is 0.417 e. The lowest BCUT2D eigenvalue weighted by molar-refractivity contribution is -0.137. The summed E-state index contributed by atoms with van der Waals surface area (Å²) < 4.78 is 41.4. The number of benzene rings is 1. The zero-order chi connectivity index (χ0) is 20.6. The van der Waals surface area contributed by atoms with Crippen LogP contribution in [-0.4, -0.2) is 15.3 Å². The Morgan fingerprint density at radius 2 is 2.00 bits per heavy atom. The molecule has 3 heterocycles. The maximum absolute atomic E-state index is 13.4. The fraction of sp³-hybridized carbons (Fsp3) is 0.333. The summed E-state index contributed by atoms with van der Waals surface area (Å²) in [5.74, 6) is 0.371. The van der Waals surface area contributed by atoms with E-state index in [-0.39, 0.29) is 28.3 Å². The minimum Gasteiger partial charge on any atom is -0.291 e. The minimum absolute atomic E-state index is 0.0791. The lowest BCUT2D eigenvalue weighted by Crippen LogP contribution is -2.32. The van der Waals surface area contributed by atoms with Crippen LogP contribution >= 0.6 is 34.7 Å². The van der Waals surface area contributed by atoms with Crippen molar-refractivity contribution in [3.8, 4) is 0 Å². The number of hydrogen-bond donors (Lipinski definition) is 1. The largest absolute Gasteiger partial charge is 0.417 e. The van der Waals surface area contributed by atoms with Crippen molar-refractivity contribution in [2.24, 2.45) is 0 Å². The summed E-state index contributed by atoms with van der Waals surface area (Å²) in [5, 5.41) is 1.24. The third-order valence-electron chi connectivity index (χ3n) is 4.26. The van der Waals surface area contributed by atoms with Gasteiger partial charge in [0, 0.05) is 23.1 Å². The fourth-order valence-electron chi connectivity index (χ4n) is 3.06. The fourth-order valence-corrected chi connectivity index (χ4v) is 5.65. The van der Waals surface area contributed by atoms with Gasteiger partial charge in [-0.05, 0) is 17.5 Å². The number of alkyl halides is 3. The molecule has 28 heavy (non-hydrogen) atoms. The van der Waals surface area contributed by atoms with E-state index < -0.39 is 28.0 Å². The Morgan fingerprint density at radius 1 is 1.29 bits per heavy atom. The number of aromatic amines is 1. The molecule has 150 valence electrons. The number of halogens is 4. The summed E-state index contributed by atoms with van der Waals surface area (Å²) in [6.07, 6.45) is -4.70. The Morgan fingerprint density at radius 3 is 2.61 bits per heavy atom. The zero-order valence-electron chi connectivity index (χ0n) is 14.9. The highest BCUT2D eigenvalue weighted by Gasteiger charge is 2.37. The maximum atomic E-state index is 13.4. The zero-order valence-corrected chi connectivity index (χ0v) is 17.3. The molecule has 3 aromatic rings. The van der Waals surface area contributed by atoms with Crippen LogP contribution in [0.15, 0.2) is 38.1 Å². The van der Waals surface area contributed by atoms with Crippen LogP contribution in [0, 0.1) is 0 Å². The van der Waals surface area contributed by atoms with Gasteiger partial charge >= 0.3 is 11.9 Å². The number of rotatable bonds is 1. The van der Waals surface area contributed by atoms with Gasteiger partial charge in [-0.1, -0.05) is 31.5 Å². The van der Waals surface area contributed by atoms with Gasteiger partial charge in [0.15, 0.2) is 0 Å². The smallest absolute Gasteiger partial charge is 0.291 e. The van der Waals surface area contributed by atoms with E-state index in [1.807, 2.05) is 31.4 Å². The summed E-state index contributed by atoms with van der Waals surface area (Å²) in [5.41, 5.74) is -2.40. The number of thiophene rings is 1. The van der Waals surface area contributed by atoms with E-state index in [1.165, 1.54) is 15.9 Å². The molecule has 0 radical (unpaired) electrons. The van der Waals surface area contributed by atoms with Crippen molar-refractivity contribution >= 4 is 45.6 Å². The first-order valence-electron chi connectivity index (χ1n) is 8.50. The molecule has 0 aliphatic carbocycles. The van der Waals surface area contributed by atoms with Crippen molar-refractivity contribution in [3.63, 3.8) is 0 Å². The van der Waals surface area contributed by atoms with Crippen LogP contribution < -0.4 is 11.2 Å². The van der Waals surface area contributed by atoms with E-state index in [4.69, 9.17) is 11.6 Å². The van der Waals surface area contributed by atoms with E-state index in [9.17, 15) is 22.8 Å². The molecular weight excluding hydrogens is 433 g/mol. The molecular formula is C18H16ClF3N2O2S2. The van der Waals surface area contributed by atoms with Crippen molar-refractivity contribution < 1.29 is 13.2 Å². The van der Waals surface area contributed by atoms with E-state index in [0.717, 1.165) is 22.7 Å². The first kappa shape index (κ1) is 21.0. The molecule has 1 unspecified atom stereocenters. The Balaban J connectivity index is 0.00000109. The van der Waals surface area contributed by atoms with E-state index in [1.54, 1.807) is 0 Å². The van der Waals surface area contributed by atoms with E-state index >= 15 is 0 Å². The molecule has 4 rings (SSSR count). The first-order valence-corrected chi connectivity index (χ1v) is 10.7. The summed E-state index contributed by atoms with van der Waals surface area (Å²) in [6.45, 7) is 4.26. The number of nitrogens with zero attached hydrogens (tertiary/aromatic N) is 1. The van der Waals surface area contributed by atoms with Gasteiger partial charge in [-0.15, -0.1) is 23.1 Å². The molecule has 2 aromatic heterocycles. The average molecular weight is 449 g/mol. The van der Waals surface area contributed by atoms with Gasteiger partial charge in [-0.3, -0.25) is 14.3 Å². The molecule has 1 aliphatic heterocycles. The SMILES string of the molecule is CC.O=c1[nH]c(=O)n2c3c(c(Cl)c(C(F)(F)F)cc13)SCC(c1cccs1)C2. The highest BCUT2D eigenvalue weighted by atomic mass is 35.5. The van der Waals surface area contributed by atoms with Crippen molar-refractivity contribution in [3.05, 3.63) is 59.9 Å². The Labute approximate surface area is 171 Å². The highest BCUT2D eigenvalue weighted by molar-refractivity contribution is 7.99. The number of thioether (sulfide) groups is 1. The van der Waals surface area contributed by atoms with Gasteiger partial charge < -0.3 is 0 Å². The Bertz CT molecular complexity index is 1120. The second kappa shape index (κ2) is 7.96. The summed E-state index contributed by atoms with van der Waals surface area (Å²) in [7, 11) is 0. The van der Waals surface area contributed by atoms with Crippen molar-refractivity contribution in [1.82, 2.24) is 9.55 Å². The number of H-pyrrole nitrogens is 1. The van der Waals surface area contributed by atoms with Crippen molar-refractivity contribution in [2.75, 3.05) is 5.75 Å². The van der Waals surface area contributed by atoms with Gasteiger partial charge in [0.1, 0.15) is 0 Å². The van der Waals surface area contributed by atoms with Crippen molar-refractivity contribution in [2.45, 2.75) is 37.4 Å². The van der Waals surface area contributed by atoms with E-state index in [2.05, 4.69) is 4.98 Å². The normalized spacial score (nSPS) is 16.4. The second-order valence-corrected chi connectivity index (χ2v) is 8.24.